The van der Waals surface area contributed by atoms with Gasteiger partial charge in [-0.25, -0.2) is 0 Å². The molecule has 0 unspecified atom stereocenters. The number of nitrogens with one attached hydrogen (secondary N) is 1. The average molecular weight is 355 g/mol. The maximum Gasteiger partial charge on any atom is 0.261 e. The predicted octanol–water partition coefficient (Wildman–Crippen LogP) is 4.74. The van der Waals surface area contributed by atoms with Gasteiger partial charge in [0.25, 0.3) is 5.91 Å². The quantitative estimate of drug-likeness (QED) is 0.744. The van der Waals surface area contributed by atoms with Gasteiger partial charge >= 0.3 is 0 Å². The second kappa shape index (κ2) is 9.27. The standard InChI is InChI=1S/C22H29NO3/c1-6-20(17-12-11-15(3)16(4)13-17)23-22(24)21(7-2)26-19-10-8-9-18(14-19)25-5/h8-14,20-21H,6-7H2,1-5H3,(H,23,24)/t20-,21+/m1/s1. The molecule has 0 radical (unpaired) electrons. The lowest BCUT2D eigenvalue weighted by Crippen LogP contribution is -2.40. The zero-order valence-electron chi connectivity index (χ0n) is 16.3. The maximum atomic E-state index is 12.8. The van der Waals surface area contributed by atoms with Gasteiger partial charge in [0.2, 0.25) is 0 Å². The van der Waals surface area contributed by atoms with Gasteiger partial charge in [-0.3, -0.25) is 4.79 Å². The van der Waals surface area contributed by atoms with Crippen molar-refractivity contribution in [1.82, 2.24) is 5.32 Å². The molecule has 1 amide bonds. The molecular weight excluding hydrogens is 326 g/mol. The van der Waals surface area contributed by atoms with Crippen LogP contribution < -0.4 is 14.8 Å². The highest BCUT2D eigenvalue weighted by Gasteiger charge is 2.22. The van der Waals surface area contributed by atoms with Gasteiger partial charge in [0, 0.05) is 6.07 Å². The number of aryl methyl sites for hydroxylation is 2. The van der Waals surface area contributed by atoms with E-state index in [0.29, 0.717) is 17.9 Å². The number of amides is 1. The molecule has 2 atom stereocenters. The van der Waals surface area contributed by atoms with E-state index in [-0.39, 0.29) is 11.9 Å². The van der Waals surface area contributed by atoms with Crippen LogP contribution in [0.25, 0.3) is 0 Å². The average Bonchev–Trinajstić information content (AvgIpc) is 2.66. The van der Waals surface area contributed by atoms with E-state index >= 15 is 0 Å². The maximum absolute atomic E-state index is 12.8. The Morgan fingerprint density at radius 2 is 1.73 bits per heavy atom. The lowest BCUT2D eigenvalue weighted by molar-refractivity contribution is -0.129. The van der Waals surface area contributed by atoms with Crippen molar-refractivity contribution in [2.75, 3.05) is 7.11 Å². The minimum Gasteiger partial charge on any atom is -0.497 e. The monoisotopic (exact) mass is 355 g/mol. The lowest BCUT2D eigenvalue weighted by atomic mass is 9.99. The lowest BCUT2D eigenvalue weighted by Gasteiger charge is -2.23. The first kappa shape index (κ1) is 19.8. The molecule has 4 nitrogen and oxygen atoms in total. The third-order valence-electron chi connectivity index (χ3n) is 4.64. The molecule has 0 heterocycles. The number of benzene rings is 2. The topological polar surface area (TPSA) is 47.6 Å². The molecule has 0 saturated heterocycles. The van der Waals surface area contributed by atoms with Crippen molar-refractivity contribution in [3.05, 3.63) is 59.2 Å². The largest absolute Gasteiger partial charge is 0.497 e. The van der Waals surface area contributed by atoms with Gasteiger partial charge in [-0.2, -0.15) is 0 Å². The molecular formula is C22H29NO3. The van der Waals surface area contributed by atoms with Crippen molar-refractivity contribution in [3.8, 4) is 11.5 Å². The number of methoxy groups -OCH3 is 1. The minimum atomic E-state index is -0.539. The molecule has 0 aromatic heterocycles. The Morgan fingerprint density at radius 1 is 1.00 bits per heavy atom. The van der Waals surface area contributed by atoms with Crippen molar-refractivity contribution >= 4 is 5.91 Å². The van der Waals surface area contributed by atoms with Crippen molar-refractivity contribution < 1.29 is 14.3 Å². The van der Waals surface area contributed by atoms with Gasteiger partial charge in [0.1, 0.15) is 11.5 Å². The number of hydrogen-bond acceptors (Lipinski definition) is 3. The first-order valence-corrected chi connectivity index (χ1v) is 9.16. The van der Waals surface area contributed by atoms with E-state index in [1.165, 1.54) is 11.1 Å². The summed E-state index contributed by atoms with van der Waals surface area (Å²) in [7, 11) is 1.61. The Hall–Kier alpha value is -2.49. The molecule has 2 rings (SSSR count). The Morgan fingerprint density at radius 3 is 2.35 bits per heavy atom. The summed E-state index contributed by atoms with van der Waals surface area (Å²) in [6.07, 6.45) is 0.874. The number of rotatable bonds is 8. The minimum absolute atomic E-state index is 0.0234. The van der Waals surface area contributed by atoms with Crippen LogP contribution in [0.1, 0.15) is 49.4 Å². The molecule has 0 aliphatic heterocycles. The summed E-state index contributed by atoms with van der Waals surface area (Å²) in [5.74, 6) is 1.24. The van der Waals surface area contributed by atoms with Crippen LogP contribution >= 0.6 is 0 Å². The summed E-state index contributed by atoms with van der Waals surface area (Å²) in [5.41, 5.74) is 3.61. The second-order valence-electron chi connectivity index (χ2n) is 6.51. The van der Waals surface area contributed by atoms with Gasteiger partial charge in [-0.1, -0.05) is 38.1 Å². The highest BCUT2D eigenvalue weighted by molar-refractivity contribution is 5.81. The van der Waals surface area contributed by atoms with Crippen LogP contribution in [0, 0.1) is 13.8 Å². The zero-order chi connectivity index (χ0) is 19.1. The Balaban J connectivity index is 2.09. The summed E-state index contributed by atoms with van der Waals surface area (Å²) in [5, 5.41) is 3.13. The molecule has 26 heavy (non-hydrogen) atoms. The van der Waals surface area contributed by atoms with E-state index in [4.69, 9.17) is 9.47 Å². The molecule has 2 aromatic carbocycles. The Bertz CT molecular complexity index is 742. The van der Waals surface area contributed by atoms with Crippen molar-refractivity contribution in [3.63, 3.8) is 0 Å². The van der Waals surface area contributed by atoms with E-state index in [1.807, 2.05) is 25.1 Å². The smallest absolute Gasteiger partial charge is 0.261 e. The van der Waals surface area contributed by atoms with Crippen molar-refractivity contribution in [1.29, 1.82) is 0 Å². The molecule has 4 heteroatoms. The normalized spacial score (nSPS) is 13.0. The van der Waals surface area contributed by atoms with E-state index in [9.17, 15) is 4.79 Å². The third-order valence-corrected chi connectivity index (χ3v) is 4.64. The SMILES string of the molecule is CC[C@H](Oc1cccc(OC)c1)C(=O)N[C@H](CC)c1ccc(C)c(C)c1. The summed E-state index contributed by atoms with van der Waals surface area (Å²) in [6.45, 7) is 8.20. The number of ether oxygens (including phenoxy) is 2. The molecule has 140 valence electrons. The third kappa shape index (κ3) is 5.01. The molecule has 0 saturated carbocycles. The van der Waals surface area contributed by atoms with Gasteiger partial charge < -0.3 is 14.8 Å². The highest BCUT2D eigenvalue weighted by Crippen LogP contribution is 2.23. The number of carbonyl (C=O) groups excluding carboxylic acids is 1. The van der Waals surface area contributed by atoms with Crippen molar-refractivity contribution in [2.45, 2.75) is 52.7 Å². The van der Waals surface area contributed by atoms with E-state index in [0.717, 1.165) is 12.0 Å². The van der Waals surface area contributed by atoms with E-state index in [2.05, 4.69) is 44.3 Å². The fraction of sp³-hybridized carbons (Fsp3) is 0.409. The predicted molar refractivity (Wildman–Crippen MR) is 105 cm³/mol. The van der Waals surface area contributed by atoms with Crippen LogP contribution in [0.3, 0.4) is 0 Å². The molecule has 0 fully saturated rings. The fourth-order valence-electron chi connectivity index (χ4n) is 2.83. The van der Waals surface area contributed by atoms with Gasteiger partial charge in [-0.15, -0.1) is 0 Å². The molecule has 0 aliphatic rings. The molecule has 1 N–H and O–H groups in total. The summed E-state index contributed by atoms with van der Waals surface area (Å²) >= 11 is 0. The van der Waals surface area contributed by atoms with Crippen LogP contribution in [0.2, 0.25) is 0 Å². The van der Waals surface area contributed by atoms with E-state index < -0.39 is 6.10 Å². The molecule has 0 bridgehead atoms. The summed E-state index contributed by atoms with van der Waals surface area (Å²) in [6, 6.07) is 13.6. The first-order chi connectivity index (χ1) is 12.5. The highest BCUT2D eigenvalue weighted by atomic mass is 16.5. The van der Waals surface area contributed by atoms with E-state index in [1.54, 1.807) is 13.2 Å². The van der Waals surface area contributed by atoms with Crippen LogP contribution in [0.15, 0.2) is 42.5 Å². The first-order valence-electron chi connectivity index (χ1n) is 9.16. The van der Waals surface area contributed by atoms with Crippen LogP contribution in [0.4, 0.5) is 0 Å². The fourth-order valence-corrected chi connectivity index (χ4v) is 2.83. The Labute approximate surface area is 156 Å². The molecule has 0 aliphatic carbocycles. The van der Waals surface area contributed by atoms with Gasteiger partial charge in [-0.05, 0) is 55.5 Å². The Kier molecular flexibility index (Phi) is 7.07. The number of hydrogen-bond donors (Lipinski definition) is 1. The van der Waals surface area contributed by atoms with Crippen LogP contribution in [-0.2, 0) is 4.79 Å². The van der Waals surface area contributed by atoms with Crippen LogP contribution in [0.5, 0.6) is 11.5 Å². The van der Waals surface area contributed by atoms with Gasteiger partial charge in [0.05, 0.1) is 13.2 Å². The summed E-state index contributed by atoms with van der Waals surface area (Å²) < 4.78 is 11.1. The van der Waals surface area contributed by atoms with Gasteiger partial charge in [0.15, 0.2) is 6.10 Å². The summed E-state index contributed by atoms with van der Waals surface area (Å²) in [4.78, 5) is 12.8. The molecule has 0 spiro atoms. The zero-order valence-corrected chi connectivity index (χ0v) is 16.3. The second-order valence-corrected chi connectivity index (χ2v) is 6.51. The molecule has 2 aromatic rings. The van der Waals surface area contributed by atoms with Crippen molar-refractivity contribution in [2.24, 2.45) is 0 Å². The van der Waals surface area contributed by atoms with Crippen LogP contribution in [-0.4, -0.2) is 19.1 Å². The number of carbonyl (C=O) groups is 1.